The summed E-state index contributed by atoms with van der Waals surface area (Å²) in [6.07, 6.45) is 0. The van der Waals surface area contributed by atoms with Crippen LogP contribution in [0.4, 0.5) is 5.69 Å². The second-order valence-electron chi connectivity index (χ2n) is 2.66. The lowest BCUT2D eigenvalue weighted by Gasteiger charge is -2.01. The van der Waals surface area contributed by atoms with Gasteiger partial charge in [-0.15, -0.1) is 0 Å². The molecule has 1 aromatic carbocycles. The molecule has 1 aromatic rings. The molecule has 0 fully saturated rings. The molecule has 0 radical (unpaired) electrons. The van der Waals surface area contributed by atoms with Crippen molar-refractivity contribution in [2.75, 3.05) is 5.75 Å². The normalized spacial score (nSPS) is 11.8. The molecule has 0 saturated heterocycles. The molecule has 0 saturated carbocycles. The number of carbonyl (C=O) groups excluding carboxylic acids is 1. The smallest absolute Gasteiger partial charge is 0.325 e. The zero-order valence-corrected chi connectivity index (χ0v) is 9.36. The monoisotopic (exact) mass is 263 g/mol. The molecule has 1 rings (SSSR count). The van der Waals surface area contributed by atoms with E-state index in [9.17, 15) is 19.1 Å². The number of nitro groups is 1. The van der Waals surface area contributed by atoms with Gasteiger partial charge >= 0.3 is 5.97 Å². The van der Waals surface area contributed by atoms with E-state index in [0.717, 1.165) is 0 Å². The molecule has 1 atom stereocenters. The van der Waals surface area contributed by atoms with Crippen molar-refractivity contribution in [3.63, 3.8) is 0 Å². The predicted molar refractivity (Wildman–Crippen MR) is 57.6 cm³/mol. The van der Waals surface area contributed by atoms with Crippen LogP contribution in [0.1, 0.15) is 0 Å². The number of esters is 1. The first-order chi connectivity index (χ1) is 7.49. The Morgan fingerprint density at radius 3 is 2.44 bits per heavy atom. The summed E-state index contributed by atoms with van der Waals surface area (Å²) in [5.41, 5.74) is -0.110. The number of ether oxygens (including phenoxy) is 1. The number of rotatable bonds is 4. The summed E-state index contributed by atoms with van der Waals surface area (Å²) >= 11 is 0. The Morgan fingerprint density at radius 2 is 2.00 bits per heavy atom. The zero-order chi connectivity index (χ0) is 12.1. The van der Waals surface area contributed by atoms with Crippen LogP contribution in [-0.4, -0.2) is 20.9 Å². The third-order valence-corrected chi connectivity index (χ3v) is 2.30. The van der Waals surface area contributed by atoms with E-state index in [1.54, 1.807) is 0 Å². The minimum absolute atomic E-state index is 0.110. The molecular formula is C8H6ClNO5S. The number of hydrogen-bond donors (Lipinski definition) is 0. The maximum Gasteiger partial charge on any atom is 0.325 e. The maximum atomic E-state index is 11.0. The van der Waals surface area contributed by atoms with Gasteiger partial charge in [0.05, 0.1) is 4.92 Å². The predicted octanol–water partition coefficient (Wildman–Crippen LogP) is 1.40. The van der Waals surface area contributed by atoms with Crippen molar-refractivity contribution >= 4 is 32.4 Å². The van der Waals surface area contributed by atoms with Crippen LogP contribution < -0.4 is 4.74 Å². The van der Waals surface area contributed by atoms with Crippen LogP contribution in [0.15, 0.2) is 24.3 Å². The minimum Gasteiger partial charge on any atom is -0.426 e. The van der Waals surface area contributed by atoms with E-state index in [2.05, 4.69) is 0 Å². The molecule has 0 aliphatic carbocycles. The van der Waals surface area contributed by atoms with Gasteiger partial charge in [0.1, 0.15) is 21.5 Å². The van der Waals surface area contributed by atoms with Crippen molar-refractivity contribution in [1.29, 1.82) is 0 Å². The topological polar surface area (TPSA) is 86.5 Å². The third kappa shape index (κ3) is 3.95. The lowest BCUT2D eigenvalue weighted by Crippen LogP contribution is -2.14. The number of hydrogen-bond acceptors (Lipinski definition) is 5. The minimum atomic E-state index is -1.79. The fourth-order valence-corrected chi connectivity index (χ4v) is 1.40. The zero-order valence-electron chi connectivity index (χ0n) is 7.79. The first-order valence-electron chi connectivity index (χ1n) is 3.99. The van der Waals surface area contributed by atoms with Crippen LogP contribution in [0.25, 0.3) is 0 Å². The van der Waals surface area contributed by atoms with Crippen LogP contribution in [0.5, 0.6) is 5.75 Å². The molecule has 0 heterocycles. The van der Waals surface area contributed by atoms with Gasteiger partial charge in [0.15, 0.2) is 0 Å². The van der Waals surface area contributed by atoms with Crippen molar-refractivity contribution in [3.05, 3.63) is 34.4 Å². The van der Waals surface area contributed by atoms with E-state index in [-0.39, 0.29) is 11.4 Å². The van der Waals surface area contributed by atoms with E-state index in [1.165, 1.54) is 24.3 Å². The largest absolute Gasteiger partial charge is 0.426 e. The van der Waals surface area contributed by atoms with Crippen molar-refractivity contribution in [2.24, 2.45) is 0 Å². The second kappa shape index (κ2) is 5.57. The summed E-state index contributed by atoms with van der Waals surface area (Å²) in [5, 5.41) is 10.3. The highest BCUT2D eigenvalue weighted by Crippen LogP contribution is 2.17. The Kier molecular flexibility index (Phi) is 4.39. The van der Waals surface area contributed by atoms with Crippen molar-refractivity contribution in [1.82, 2.24) is 0 Å². The lowest BCUT2D eigenvalue weighted by atomic mass is 10.3. The number of nitro benzene ring substituents is 1. The maximum absolute atomic E-state index is 11.0. The molecule has 0 bridgehead atoms. The van der Waals surface area contributed by atoms with Crippen molar-refractivity contribution in [2.45, 2.75) is 0 Å². The van der Waals surface area contributed by atoms with Crippen LogP contribution >= 0.6 is 10.7 Å². The molecule has 1 unspecified atom stereocenters. The number of non-ortho nitro benzene ring substituents is 1. The Balaban J connectivity index is 2.65. The van der Waals surface area contributed by atoms with Gasteiger partial charge < -0.3 is 4.74 Å². The summed E-state index contributed by atoms with van der Waals surface area (Å²) in [5.74, 6) is -1.06. The van der Waals surface area contributed by atoms with Crippen LogP contribution in [0, 0.1) is 10.1 Å². The van der Waals surface area contributed by atoms with Crippen LogP contribution in [0.2, 0.25) is 0 Å². The molecule has 0 N–H and O–H groups in total. The van der Waals surface area contributed by atoms with Gasteiger partial charge in [-0.3, -0.25) is 14.9 Å². The van der Waals surface area contributed by atoms with Gasteiger partial charge in [-0.1, -0.05) is 0 Å². The third-order valence-electron chi connectivity index (χ3n) is 1.51. The van der Waals surface area contributed by atoms with E-state index in [4.69, 9.17) is 15.4 Å². The average molecular weight is 264 g/mol. The Labute approximate surface area is 97.3 Å². The van der Waals surface area contributed by atoms with Crippen LogP contribution in [-0.2, 0) is 14.8 Å². The fraction of sp³-hybridized carbons (Fsp3) is 0.125. The van der Waals surface area contributed by atoms with Crippen molar-refractivity contribution < 1.29 is 18.7 Å². The van der Waals surface area contributed by atoms with Gasteiger partial charge in [0.25, 0.3) is 5.69 Å². The standard InChI is InChI=1S/C8H6ClNO5S/c9-16(14)5-8(11)15-7-3-1-6(2-4-7)10(12)13/h1-4H,5H2. The highest BCUT2D eigenvalue weighted by molar-refractivity contribution is 8.08. The molecular weight excluding hydrogens is 258 g/mol. The van der Waals surface area contributed by atoms with Gasteiger partial charge in [-0.05, 0) is 22.8 Å². The number of carbonyl (C=O) groups is 1. The first-order valence-corrected chi connectivity index (χ1v) is 6.13. The van der Waals surface area contributed by atoms with E-state index in [1.807, 2.05) is 0 Å². The van der Waals surface area contributed by atoms with Gasteiger partial charge in [-0.25, -0.2) is 4.21 Å². The van der Waals surface area contributed by atoms with E-state index in [0.29, 0.717) is 0 Å². The number of nitrogens with zero attached hydrogens (tertiary/aromatic N) is 1. The molecule has 0 aliphatic heterocycles. The van der Waals surface area contributed by atoms with Crippen molar-refractivity contribution in [3.8, 4) is 5.75 Å². The average Bonchev–Trinajstić information content (AvgIpc) is 2.16. The van der Waals surface area contributed by atoms with Gasteiger partial charge in [-0.2, -0.15) is 0 Å². The highest BCUT2D eigenvalue weighted by atomic mass is 35.7. The molecule has 8 heteroatoms. The molecule has 0 spiro atoms. The number of benzene rings is 1. The fourth-order valence-electron chi connectivity index (χ4n) is 0.889. The van der Waals surface area contributed by atoms with Gasteiger partial charge in [0.2, 0.25) is 0 Å². The summed E-state index contributed by atoms with van der Waals surface area (Å²) in [6, 6.07) is 4.93. The molecule has 86 valence electrons. The van der Waals surface area contributed by atoms with E-state index >= 15 is 0 Å². The summed E-state index contributed by atoms with van der Waals surface area (Å²) in [6.45, 7) is 0. The quantitative estimate of drug-likeness (QED) is 0.269. The molecule has 16 heavy (non-hydrogen) atoms. The Hall–Kier alpha value is -1.47. The first kappa shape index (κ1) is 12.6. The molecule has 0 aromatic heterocycles. The summed E-state index contributed by atoms with van der Waals surface area (Å²) in [7, 11) is 3.30. The van der Waals surface area contributed by atoms with E-state index < -0.39 is 26.7 Å². The molecule has 0 aliphatic rings. The Bertz CT molecular complexity index is 433. The lowest BCUT2D eigenvalue weighted by molar-refractivity contribution is -0.384. The van der Waals surface area contributed by atoms with Crippen LogP contribution in [0.3, 0.4) is 0 Å². The number of halogens is 1. The SMILES string of the molecule is O=C(CS(=O)Cl)Oc1ccc([N+](=O)[O-])cc1. The molecule has 0 amide bonds. The second-order valence-corrected chi connectivity index (χ2v) is 4.56. The Morgan fingerprint density at radius 1 is 1.44 bits per heavy atom. The van der Waals surface area contributed by atoms with Gasteiger partial charge in [0, 0.05) is 12.1 Å². The molecule has 6 nitrogen and oxygen atoms in total. The highest BCUT2D eigenvalue weighted by Gasteiger charge is 2.10. The summed E-state index contributed by atoms with van der Waals surface area (Å²) in [4.78, 5) is 20.8. The summed E-state index contributed by atoms with van der Waals surface area (Å²) < 4.78 is 15.2.